The van der Waals surface area contributed by atoms with Gasteiger partial charge in [0.05, 0.1) is 12.5 Å². The van der Waals surface area contributed by atoms with Gasteiger partial charge in [-0.3, -0.25) is 0 Å². The predicted molar refractivity (Wildman–Crippen MR) is 137 cm³/mol. The molecule has 0 spiro atoms. The van der Waals surface area contributed by atoms with Gasteiger partial charge < -0.3 is 15.0 Å². The lowest BCUT2D eigenvalue weighted by atomic mass is 9.83. The molecule has 2 fully saturated rings. The number of benzene rings is 1. The normalized spacial score (nSPS) is 21.2. The minimum Gasteiger partial charge on any atom is -0.395 e. The van der Waals surface area contributed by atoms with E-state index in [0.29, 0.717) is 35.3 Å². The summed E-state index contributed by atoms with van der Waals surface area (Å²) in [6.45, 7) is 3.49. The first-order valence-corrected chi connectivity index (χ1v) is 13.3. The van der Waals surface area contributed by atoms with Gasteiger partial charge in [-0.1, -0.05) is 57.2 Å². The van der Waals surface area contributed by atoms with Gasteiger partial charge in [0.1, 0.15) is 23.2 Å². The Hall–Kier alpha value is -3.05. The zero-order valence-corrected chi connectivity index (χ0v) is 21.0. The van der Waals surface area contributed by atoms with Crippen LogP contribution >= 0.6 is 0 Å². The van der Waals surface area contributed by atoms with Gasteiger partial charge in [0.15, 0.2) is 11.5 Å². The molecule has 36 heavy (non-hydrogen) atoms. The number of anilines is 1. The maximum atomic E-state index is 14.8. The van der Waals surface area contributed by atoms with Crippen LogP contribution in [0.4, 0.5) is 10.2 Å². The number of aromatic nitrogens is 4. The minimum atomic E-state index is -0.642. The molecule has 2 aliphatic rings. The molecule has 2 aliphatic carbocycles. The van der Waals surface area contributed by atoms with Gasteiger partial charge in [-0.05, 0) is 43.1 Å². The lowest BCUT2D eigenvalue weighted by Crippen LogP contribution is -2.22. The molecular formula is C28H35FN6O. The summed E-state index contributed by atoms with van der Waals surface area (Å²) in [7, 11) is 0. The smallest absolute Gasteiger partial charge is 0.236 e. The molecule has 0 bridgehead atoms. The highest BCUT2D eigenvalue weighted by molar-refractivity contribution is 5.84. The first-order valence-electron chi connectivity index (χ1n) is 13.3. The van der Waals surface area contributed by atoms with Gasteiger partial charge in [0, 0.05) is 18.7 Å². The second-order valence-electron chi connectivity index (χ2n) is 10.7. The number of nitrogens with zero attached hydrogens (tertiary/aromatic N) is 5. The summed E-state index contributed by atoms with van der Waals surface area (Å²) < 4.78 is 16.9. The Morgan fingerprint density at radius 3 is 2.56 bits per heavy atom. The minimum absolute atomic E-state index is 0.0581. The van der Waals surface area contributed by atoms with Crippen LogP contribution in [-0.4, -0.2) is 37.8 Å². The van der Waals surface area contributed by atoms with Crippen molar-refractivity contribution in [2.75, 3.05) is 18.5 Å². The highest BCUT2D eigenvalue weighted by Crippen LogP contribution is 2.35. The topological polar surface area (TPSA) is 99.6 Å². The van der Waals surface area contributed by atoms with Crippen LogP contribution in [0.2, 0.25) is 0 Å². The fourth-order valence-corrected chi connectivity index (χ4v) is 5.70. The highest BCUT2D eigenvalue weighted by atomic mass is 19.1. The molecule has 1 atom stereocenters. The number of aliphatic hydroxyl groups is 1. The van der Waals surface area contributed by atoms with E-state index in [0.717, 1.165) is 43.2 Å². The van der Waals surface area contributed by atoms with Crippen LogP contribution in [-0.2, 0) is 6.54 Å². The molecular weight excluding hydrogens is 455 g/mol. The number of hydrogen-bond acceptors (Lipinski definition) is 6. The van der Waals surface area contributed by atoms with Crippen LogP contribution in [0.5, 0.6) is 0 Å². The molecule has 8 heteroatoms. The van der Waals surface area contributed by atoms with E-state index in [1.54, 1.807) is 18.2 Å². The number of rotatable bonds is 9. The van der Waals surface area contributed by atoms with Crippen LogP contribution < -0.4 is 5.32 Å². The molecule has 0 aliphatic heterocycles. The number of nitrogens with one attached hydrogen (secondary N) is 1. The molecule has 3 aromatic rings. The Balaban J connectivity index is 1.59. The van der Waals surface area contributed by atoms with Crippen molar-refractivity contribution in [3.8, 4) is 6.07 Å². The number of aliphatic hydroxyl groups excluding tert-OH is 1. The predicted octanol–water partition coefficient (Wildman–Crippen LogP) is 5.39. The van der Waals surface area contributed by atoms with Crippen LogP contribution in [0.1, 0.15) is 81.4 Å². The standard InChI is InChI=1S/C28H35FN6O/c1-18-9-11-20(12-10-18)16-35-25-26(31-14-13-19-5-4-6-19)32-24(15-30)33-27(25)34-28(35)22(17-36)21-7-2-3-8-23(21)29/h2-3,7-8,18-20,22,36H,4-6,9-14,16-17H2,1H3,(H,31,32,33)/t18-,20-,22-/m1/s1. The number of imidazole rings is 1. The van der Waals surface area contributed by atoms with E-state index in [4.69, 9.17) is 4.98 Å². The van der Waals surface area contributed by atoms with Crippen molar-refractivity contribution < 1.29 is 9.50 Å². The van der Waals surface area contributed by atoms with Gasteiger partial charge in [-0.25, -0.2) is 9.37 Å². The van der Waals surface area contributed by atoms with Gasteiger partial charge in [0.2, 0.25) is 5.82 Å². The van der Waals surface area contributed by atoms with E-state index >= 15 is 0 Å². The van der Waals surface area contributed by atoms with Crippen LogP contribution in [0.3, 0.4) is 0 Å². The first kappa shape index (κ1) is 24.6. The monoisotopic (exact) mass is 490 g/mol. The van der Waals surface area contributed by atoms with Crippen molar-refractivity contribution in [3.63, 3.8) is 0 Å². The molecule has 2 heterocycles. The Morgan fingerprint density at radius 1 is 1.11 bits per heavy atom. The maximum Gasteiger partial charge on any atom is 0.236 e. The second kappa shape index (κ2) is 10.9. The van der Waals surface area contributed by atoms with Gasteiger partial charge in [0.25, 0.3) is 0 Å². The lowest BCUT2D eigenvalue weighted by Gasteiger charge is -2.28. The molecule has 2 N–H and O–H groups in total. The van der Waals surface area contributed by atoms with E-state index in [9.17, 15) is 14.8 Å². The Morgan fingerprint density at radius 2 is 1.89 bits per heavy atom. The fourth-order valence-electron chi connectivity index (χ4n) is 5.70. The van der Waals surface area contributed by atoms with E-state index in [2.05, 4.69) is 32.8 Å². The van der Waals surface area contributed by atoms with Crippen molar-refractivity contribution in [2.45, 2.75) is 70.8 Å². The highest BCUT2D eigenvalue weighted by Gasteiger charge is 2.29. The van der Waals surface area contributed by atoms with Crippen LogP contribution in [0, 0.1) is 34.9 Å². The van der Waals surface area contributed by atoms with Gasteiger partial charge in [-0.2, -0.15) is 15.2 Å². The SMILES string of the molecule is C[C@H]1CC[C@H](Cn2c([C@H](CO)c3ccccc3F)nc3nc(C#N)nc(NCCC4CCC4)c32)CC1. The Labute approximate surface area is 211 Å². The summed E-state index contributed by atoms with van der Waals surface area (Å²) in [6.07, 6.45) is 9.51. The van der Waals surface area contributed by atoms with Crippen molar-refractivity contribution >= 4 is 17.0 Å². The maximum absolute atomic E-state index is 14.8. The summed E-state index contributed by atoms with van der Waals surface area (Å²) in [5.41, 5.74) is 1.56. The third-order valence-corrected chi connectivity index (χ3v) is 8.15. The van der Waals surface area contributed by atoms with Crippen molar-refractivity contribution in [2.24, 2.45) is 17.8 Å². The zero-order chi connectivity index (χ0) is 25.1. The average molecular weight is 491 g/mol. The molecule has 0 unspecified atom stereocenters. The molecule has 0 amide bonds. The van der Waals surface area contributed by atoms with Crippen molar-refractivity contribution in [1.82, 2.24) is 19.5 Å². The van der Waals surface area contributed by atoms with E-state index in [1.807, 2.05) is 0 Å². The summed E-state index contributed by atoms with van der Waals surface area (Å²) in [5.74, 6) is 2.15. The number of nitriles is 1. The molecule has 5 rings (SSSR count). The van der Waals surface area contributed by atoms with E-state index in [1.165, 1.54) is 38.2 Å². The van der Waals surface area contributed by atoms with Crippen molar-refractivity contribution in [1.29, 1.82) is 5.26 Å². The summed E-state index contributed by atoms with van der Waals surface area (Å²) >= 11 is 0. The van der Waals surface area contributed by atoms with Gasteiger partial charge in [-0.15, -0.1) is 0 Å². The van der Waals surface area contributed by atoms with Gasteiger partial charge >= 0.3 is 0 Å². The fraction of sp³-hybridized carbons (Fsp3) is 0.571. The number of hydrogen-bond donors (Lipinski definition) is 2. The lowest BCUT2D eigenvalue weighted by molar-refractivity contribution is 0.253. The third-order valence-electron chi connectivity index (χ3n) is 8.15. The Kier molecular flexibility index (Phi) is 7.47. The average Bonchev–Trinajstić information content (AvgIpc) is 3.21. The van der Waals surface area contributed by atoms with Crippen LogP contribution in [0.25, 0.3) is 11.2 Å². The molecule has 1 aromatic carbocycles. The molecule has 190 valence electrons. The quantitative estimate of drug-likeness (QED) is 0.417. The summed E-state index contributed by atoms with van der Waals surface area (Å²) in [4.78, 5) is 13.8. The van der Waals surface area contributed by atoms with Crippen LogP contribution in [0.15, 0.2) is 24.3 Å². The second-order valence-corrected chi connectivity index (χ2v) is 10.7. The first-order chi connectivity index (χ1) is 17.6. The molecule has 0 saturated heterocycles. The summed E-state index contributed by atoms with van der Waals surface area (Å²) in [5, 5.41) is 23.5. The zero-order valence-electron chi connectivity index (χ0n) is 21.0. The van der Waals surface area contributed by atoms with Crippen molar-refractivity contribution in [3.05, 3.63) is 47.3 Å². The Bertz CT molecular complexity index is 1240. The van der Waals surface area contributed by atoms with E-state index in [-0.39, 0.29) is 18.2 Å². The third kappa shape index (κ3) is 5.08. The number of fused-ring (bicyclic) bond motifs is 1. The largest absolute Gasteiger partial charge is 0.395 e. The molecule has 7 nitrogen and oxygen atoms in total. The summed E-state index contributed by atoms with van der Waals surface area (Å²) in [6, 6.07) is 8.59. The molecule has 2 aromatic heterocycles. The molecule has 0 radical (unpaired) electrons. The number of halogens is 1. The molecule has 2 saturated carbocycles. The van der Waals surface area contributed by atoms with E-state index < -0.39 is 5.92 Å².